The molecule has 0 saturated carbocycles. The Morgan fingerprint density at radius 3 is 2.69 bits per heavy atom. The van der Waals surface area contributed by atoms with E-state index in [4.69, 9.17) is 4.74 Å². The minimum atomic E-state index is -0.137. The van der Waals surface area contributed by atoms with Crippen LogP contribution < -0.4 is 10.1 Å². The number of fused-ring (bicyclic) bond motifs is 1. The van der Waals surface area contributed by atoms with Crippen molar-refractivity contribution in [2.24, 2.45) is 5.41 Å². The number of hydrogen-bond donors (Lipinski definition) is 3. The summed E-state index contributed by atoms with van der Waals surface area (Å²) in [6.07, 6.45) is 2.48. The smallest absolute Gasteiger partial charge is 0.271 e. The SMILES string of the molecule is COc1ccc(-c2[nH]ncc2-c2nc3c([nH]2)CC(C)(C)CNC3=O)cc1. The Balaban J connectivity index is 1.75. The lowest BCUT2D eigenvalue weighted by Gasteiger charge is -2.21. The molecule has 0 atom stereocenters. The number of nitrogens with zero attached hydrogens (tertiary/aromatic N) is 2. The second-order valence-electron chi connectivity index (χ2n) is 7.32. The van der Waals surface area contributed by atoms with Crippen LogP contribution in [-0.2, 0) is 6.42 Å². The van der Waals surface area contributed by atoms with E-state index in [1.165, 1.54) is 0 Å². The molecule has 0 aliphatic carbocycles. The monoisotopic (exact) mass is 351 g/mol. The first kappa shape index (κ1) is 16.4. The van der Waals surface area contributed by atoms with Gasteiger partial charge in [-0.15, -0.1) is 0 Å². The molecule has 1 aliphatic rings. The summed E-state index contributed by atoms with van der Waals surface area (Å²) in [4.78, 5) is 20.3. The van der Waals surface area contributed by atoms with Crippen LogP contribution in [0.4, 0.5) is 0 Å². The number of carbonyl (C=O) groups excluding carboxylic acids is 1. The van der Waals surface area contributed by atoms with Gasteiger partial charge in [0.05, 0.1) is 24.6 Å². The van der Waals surface area contributed by atoms with Crippen molar-refractivity contribution in [3.8, 4) is 28.4 Å². The molecular formula is C19H21N5O2. The van der Waals surface area contributed by atoms with Crippen molar-refractivity contribution in [2.45, 2.75) is 20.3 Å². The van der Waals surface area contributed by atoms with Gasteiger partial charge in [-0.25, -0.2) is 4.98 Å². The van der Waals surface area contributed by atoms with Crippen LogP contribution in [0.25, 0.3) is 22.6 Å². The van der Waals surface area contributed by atoms with E-state index in [9.17, 15) is 4.79 Å². The largest absolute Gasteiger partial charge is 0.497 e. The highest BCUT2D eigenvalue weighted by molar-refractivity contribution is 5.95. The number of hydrogen-bond acceptors (Lipinski definition) is 4. The van der Waals surface area contributed by atoms with E-state index in [1.54, 1.807) is 13.3 Å². The molecule has 0 radical (unpaired) electrons. The summed E-state index contributed by atoms with van der Waals surface area (Å²) in [5, 5.41) is 10.1. The summed E-state index contributed by atoms with van der Waals surface area (Å²) in [5.74, 6) is 1.29. The van der Waals surface area contributed by atoms with Crippen molar-refractivity contribution < 1.29 is 9.53 Å². The topological polar surface area (TPSA) is 95.7 Å². The van der Waals surface area contributed by atoms with Gasteiger partial charge in [-0.05, 0) is 36.1 Å². The van der Waals surface area contributed by atoms with Gasteiger partial charge in [-0.2, -0.15) is 5.10 Å². The van der Waals surface area contributed by atoms with E-state index in [0.717, 1.165) is 34.7 Å². The van der Waals surface area contributed by atoms with E-state index in [2.05, 4.69) is 39.3 Å². The second-order valence-corrected chi connectivity index (χ2v) is 7.32. The van der Waals surface area contributed by atoms with E-state index >= 15 is 0 Å². The number of nitrogens with one attached hydrogen (secondary N) is 3. The molecule has 1 aromatic carbocycles. The lowest BCUT2D eigenvalue weighted by Crippen LogP contribution is -2.32. The Bertz CT molecular complexity index is 953. The summed E-state index contributed by atoms with van der Waals surface area (Å²) in [5.41, 5.74) is 3.94. The zero-order valence-electron chi connectivity index (χ0n) is 15.0. The van der Waals surface area contributed by atoms with E-state index in [0.29, 0.717) is 18.1 Å². The fraction of sp³-hybridized carbons (Fsp3) is 0.316. The van der Waals surface area contributed by atoms with Crippen LogP contribution in [0.3, 0.4) is 0 Å². The number of rotatable bonds is 3. The van der Waals surface area contributed by atoms with E-state index in [-0.39, 0.29) is 11.3 Å². The molecule has 134 valence electrons. The average molecular weight is 351 g/mol. The van der Waals surface area contributed by atoms with Crippen LogP contribution in [-0.4, -0.2) is 39.7 Å². The van der Waals surface area contributed by atoms with Gasteiger partial charge in [0, 0.05) is 17.8 Å². The fourth-order valence-corrected chi connectivity index (χ4v) is 3.24. The third-order valence-electron chi connectivity index (χ3n) is 4.65. The minimum absolute atomic E-state index is 0.0279. The molecule has 3 N–H and O–H groups in total. The van der Waals surface area contributed by atoms with Crippen molar-refractivity contribution in [3.63, 3.8) is 0 Å². The highest BCUT2D eigenvalue weighted by atomic mass is 16.5. The minimum Gasteiger partial charge on any atom is -0.497 e. The maximum Gasteiger partial charge on any atom is 0.271 e. The molecule has 2 aromatic heterocycles. The predicted molar refractivity (Wildman–Crippen MR) is 98.0 cm³/mol. The van der Waals surface area contributed by atoms with Crippen molar-refractivity contribution >= 4 is 5.91 Å². The highest BCUT2D eigenvalue weighted by Gasteiger charge is 2.30. The van der Waals surface area contributed by atoms with Gasteiger partial charge >= 0.3 is 0 Å². The normalized spacial score (nSPS) is 15.9. The van der Waals surface area contributed by atoms with Crippen molar-refractivity contribution in [1.29, 1.82) is 0 Å². The average Bonchev–Trinajstić information content (AvgIpc) is 3.24. The number of benzene rings is 1. The molecule has 0 saturated heterocycles. The molecule has 0 fully saturated rings. The molecule has 3 aromatic rings. The van der Waals surface area contributed by atoms with Crippen LogP contribution in [0.5, 0.6) is 5.75 Å². The first-order valence-corrected chi connectivity index (χ1v) is 8.52. The van der Waals surface area contributed by atoms with Crippen LogP contribution >= 0.6 is 0 Å². The Morgan fingerprint density at radius 2 is 1.96 bits per heavy atom. The molecule has 7 nitrogen and oxygen atoms in total. The lowest BCUT2D eigenvalue weighted by molar-refractivity contribution is 0.0940. The molecular weight excluding hydrogens is 330 g/mol. The van der Waals surface area contributed by atoms with E-state index in [1.807, 2.05) is 24.3 Å². The summed E-state index contributed by atoms with van der Waals surface area (Å²) in [7, 11) is 1.64. The second kappa shape index (κ2) is 6.01. The summed E-state index contributed by atoms with van der Waals surface area (Å²) >= 11 is 0. The van der Waals surface area contributed by atoms with E-state index < -0.39 is 0 Å². The maximum absolute atomic E-state index is 12.4. The number of aromatic amines is 2. The lowest BCUT2D eigenvalue weighted by atomic mass is 9.88. The number of carbonyl (C=O) groups is 1. The maximum atomic E-state index is 12.4. The molecule has 0 spiro atoms. The van der Waals surface area contributed by atoms with Crippen LogP contribution in [0.15, 0.2) is 30.5 Å². The van der Waals surface area contributed by atoms with Gasteiger partial charge in [0.25, 0.3) is 5.91 Å². The van der Waals surface area contributed by atoms with Crippen LogP contribution in [0.1, 0.15) is 30.0 Å². The quantitative estimate of drug-likeness (QED) is 0.676. The zero-order valence-corrected chi connectivity index (χ0v) is 15.0. The Kier molecular flexibility index (Phi) is 3.79. The van der Waals surface area contributed by atoms with Gasteiger partial charge < -0.3 is 15.0 Å². The predicted octanol–water partition coefficient (Wildman–Crippen LogP) is 2.79. The first-order chi connectivity index (χ1) is 12.5. The number of imidazole rings is 1. The third kappa shape index (κ3) is 2.85. The highest BCUT2D eigenvalue weighted by Crippen LogP contribution is 2.32. The van der Waals surface area contributed by atoms with Gasteiger partial charge in [-0.3, -0.25) is 9.89 Å². The van der Waals surface area contributed by atoms with Gasteiger partial charge in [0.2, 0.25) is 0 Å². The van der Waals surface area contributed by atoms with Crippen molar-refractivity contribution in [1.82, 2.24) is 25.5 Å². The molecule has 0 unspecified atom stereocenters. The Morgan fingerprint density at radius 1 is 1.19 bits per heavy atom. The summed E-state index contributed by atoms with van der Waals surface area (Å²) < 4.78 is 5.21. The molecule has 26 heavy (non-hydrogen) atoms. The summed E-state index contributed by atoms with van der Waals surface area (Å²) in [6, 6.07) is 7.71. The molecule has 3 heterocycles. The Hall–Kier alpha value is -3.09. The molecule has 7 heteroatoms. The van der Waals surface area contributed by atoms with Gasteiger partial charge in [-0.1, -0.05) is 13.8 Å². The third-order valence-corrected chi connectivity index (χ3v) is 4.65. The van der Waals surface area contributed by atoms with Crippen LogP contribution in [0.2, 0.25) is 0 Å². The molecule has 1 aliphatic heterocycles. The zero-order chi connectivity index (χ0) is 18.3. The number of aromatic nitrogens is 4. The molecule has 1 amide bonds. The van der Waals surface area contributed by atoms with Crippen molar-refractivity contribution in [3.05, 3.63) is 41.9 Å². The number of ether oxygens (including phenoxy) is 1. The fourth-order valence-electron chi connectivity index (χ4n) is 3.24. The van der Waals surface area contributed by atoms with Gasteiger partial charge in [0.1, 0.15) is 17.3 Å². The van der Waals surface area contributed by atoms with Crippen LogP contribution in [0, 0.1) is 5.41 Å². The van der Waals surface area contributed by atoms with Gasteiger partial charge in [0.15, 0.2) is 0 Å². The first-order valence-electron chi connectivity index (χ1n) is 8.52. The number of H-pyrrole nitrogens is 2. The molecule has 0 bridgehead atoms. The number of amides is 1. The Labute approximate surface area is 151 Å². The standard InChI is InChI=1S/C19H21N5O2/c1-19(2)8-14-16(18(25)20-10-19)23-17(22-14)13-9-21-24-15(13)11-4-6-12(26-3)7-5-11/h4-7,9H,8,10H2,1-3H3,(H,20,25)(H,21,24)(H,22,23). The summed E-state index contributed by atoms with van der Waals surface area (Å²) in [6.45, 7) is 4.89. The van der Waals surface area contributed by atoms with Crippen molar-refractivity contribution in [2.75, 3.05) is 13.7 Å². The number of methoxy groups -OCH3 is 1. The molecule has 4 rings (SSSR count).